The van der Waals surface area contributed by atoms with Crippen LogP contribution in [0.25, 0.3) is 126 Å². The van der Waals surface area contributed by atoms with Gasteiger partial charge in [0, 0.05) is 27.2 Å². The molecule has 1 aliphatic carbocycles. The van der Waals surface area contributed by atoms with E-state index < -0.39 is 0 Å². The Hall–Kier alpha value is -7.16. The van der Waals surface area contributed by atoms with Crippen molar-refractivity contribution >= 4 is 86.8 Å². The Bertz CT molecular complexity index is 3580. The van der Waals surface area contributed by atoms with E-state index in [9.17, 15) is 0 Å². The van der Waals surface area contributed by atoms with Crippen molar-refractivity contribution in [3.05, 3.63) is 176 Å². The van der Waals surface area contributed by atoms with E-state index >= 15 is 0 Å². The van der Waals surface area contributed by atoms with Crippen LogP contribution in [0.15, 0.2) is 180 Å². The van der Waals surface area contributed by atoms with Gasteiger partial charge in [-0.15, -0.1) is 0 Å². The molecule has 0 fully saturated rings. The van der Waals surface area contributed by atoms with Crippen LogP contribution in [-0.2, 0) is 0 Å². The molecule has 1 aliphatic rings. The monoisotopic (exact) mass is 683 g/mol. The summed E-state index contributed by atoms with van der Waals surface area (Å²) in [5, 5.41) is 15.2. The molecule has 10 aromatic carbocycles. The first kappa shape index (κ1) is 28.4. The van der Waals surface area contributed by atoms with Crippen LogP contribution in [0.1, 0.15) is 0 Å². The lowest BCUT2D eigenvalue weighted by atomic mass is 9.94. The zero-order valence-corrected chi connectivity index (χ0v) is 29.1. The van der Waals surface area contributed by atoms with Crippen molar-refractivity contribution in [3.63, 3.8) is 0 Å². The zero-order valence-electron chi connectivity index (χ0n) is 29.1. The van der Waals surface area contributed by atoms with Gasteiger partial charge in [-0.2, -0.15) is 0 Å². The molecule has 248 valence electrons. The van der Waals surface area contributed by atoms with Gasteiger partial charge in [0.05, 0.1) is 11.0 Å². The number of nitrogens with zero attached hydrogens (tertiary/aromatic N) is 1. The van der Waals surface area contributed by atoms with Crippen molar-refractivity contribution < 1.29 is 4.42 Å². The number of fused-ring (bicyclic) bond motifs is 16. The van der Waals surface area contributed by atoms with Crippen molar-refractivity contribution in [3.8, 4) is 39.1 Å². The summed E-state index contributed by atoms with van der Waals surface area (Å²) in [5.41, 5.74) is 13.0. The number of aromatic nitrogens is 1. The summed E-state index contributed by atoms with van der Waals surface area (Å²) in [7, 11) is 0. The smallest absolute Gasteiger partial charge is 0.135 e. The summed E-state index contributed by atoms with van der Waals surface area (Å²) < 4.78 is 8.71. The third-order valence-electron chi connectivity index (χ3n) is 12.1. The number of para-hydroxylation sites is 1. The van der Waals surface area contributed by atoms with Crippen LogP contribution in [0.5, 0.6) is 0 Å². The molecule has 2 heterocycles. The molecule has 0 amide bonds. The first-order valence-electron chi connectivity index (χ1n) is 18.7. The standard InChI is InChI=1S/C52H29NO/c1-2-12-35-33(10-1)34-11-3-5-14-37(34)43-28-32(22-23-39(35)43)53-47-24-20-30(31-21-25-50-44(26-31)40-16-7-8-19-49(40)54-50)27-46(47)52-42-18-9-17-41-36-13-4-6-15-38(36)45(51(41)42)29-48(52)53/h1-29H. The molecule has 0 unspecified atom stereocenters. The SMILES string of the molecule is c1ccc2c(c1)-c1cccc3c1c-2cc1c3c2cc(-c3ccc4oc5ccccc5c4c3)ccc2n1-c1ccc2c3ccccc3c3ccccc3c2c1. The molecule has 0 atom stereocenters. The third-order valence-corrected chi connectivity index (χ3v) is 12.1. The minimum atomic E-state index is 0.915. The van der Waals surface area contributed by atoms with E-state index in [1.165, 1.54) is 98.3 Å². The van der Waals surface area contributed by atoms with Crippen molar-refractivity contribution in [2.24, 2.45) is 0 Å². The Balaban J connectivity index is 1.15. The lowest BCUT2D eigenvalue weighted by Gasteiger charge is -2.14. The quantitative estimate of drug-likeness (QED) is 0.166. The summed E-state index contributed by atoms with van der Waals surface area (Å²) >= 11 is 0. The first-order valence-corrected chi connectivity index (χ1v) is 18.7. The second kappa shape index (κ2) is 10.2. The van der Waals surface area contributed by atoms with Gasteiger partial charge in [0.25, 0.3) is 0 Å². The van der Waals surface area contributed by atoms with Crippen LogP contribution in [0, 0.1) is 0 Å². The molecule has 2 heteroatoms. The van der Waals surface area contributed by atoms with Crippen LogP contribution in [0.4, 0.5) is 0 Å². The molecule has 54 heavy (non-hydrogen) atoms. The molecule has 0 aliphatic heterocycles. The Kier molecular flexibility index (Phi) is 5.39. The maximum Gasteiger partial charge on any atom is 0.135 e. The fourth-order valence-electron chi connectivity index (χ4n) is 9.78. The summed E-state index contributed by atoms with van der Waals surface area (Å²) in [6, 6.07) is 64.9. The van der Waals surface area contributed by atoms with Crippen LogP contribution in [-0.4, -0.2) is 4.57 Å². The van der Waals surface area contributed by atoms with Gasteiger partial charge in [0.1, 0.15) is 11.2 Å². The van der Waals surface area contributed by atoms with Gasteiger partial charge in [-0.3, -0.25) is 0 Å². The molecule has 0 spiro atoms. The van der Waals surface area contributed by atoms with Crippen molar-refractivity contribution in [1.82, 2.24) is 4.57 Å². The molecule has 0 bridgehead atoms. The number of benzene rings is 10. The summed E-state index contributed by atoms with van der Waals surface area (Å²) in [6.45, 7) is 0. The highest BCUT2D eigenvalue weighted by atomic mass is 16.3. The topological polar surface area (TPSA) is 18.1 Å². The largest absolute Gasteiger partial charge is 0.456 e. The average molecular weight is 684 g/mol. The molecule has 0 saturated heterocycles. The van der Waals surface area contributed by atoms with Crippen molar-refractivity contribution in [1.29, 1.82) is 0 Å². The molecule has 2 aromatic heterocycles. The second-order valence-electron chi connectivity index (χ2n) is 14.8. The van der Waals surface area contributed by atoms with Crippen molar-refractivity contribution in [2.45, 2.75) is 0 Å². The van der Waals surface area contributed by atoms with Gasteiger partial charge in [0.2, 0.25) is 0 Å². The Morgan fingerprint density at radius 2 is 0.870 bits per heavy atom. The van der Waals surface area contributed by atoms with Crippen LogP contribution >= 0.6 is 0 Å². The average Bonchev–Trinajstić information content (AvgIpc) is 3.89. The van der Waals surface area contributed by atoms with Gasteiger partial charge >= 0.3 is 0 Å². The summed E-state index contributed by atoms with van der Waals surface area (Å²) in [5.74, 6) is 0. The lowest BCUT2D eigenvalue weighted by Crippen LogP contribution is -1.95. The van der Waals surface area contributed by atoms with Gasteiger partial charge in [0.15, 0.2) is 0 Å². The summed E-state index contributed by atoms with van der Waals surface area (Å²) in [6.07, 6.45) is 0. The Morgan fingerprint density at radius 3 is 1.65 bits per heavy atom. The van der Waals surface area contributed by atoms with Gasteiger partial charge in [-0.1, -0.05) is 127 Å². The summed E-state index contributed by atoms with van der Waals surface area (Å²) in [4.78, 5) is 0. The second-order valence-corrected chi connectivity index (χ2v) is 14.8. The molecular weight excluding hydrogens is 655 g/mol. The molecule has 0 radical (unpaired) electrons. The Labute approximate surface area is 309 Å². The predicted molar refractivity (Wildman–Crippen MR) is 228 cm³/mol. The van der Waals surface area contributed by atoms with E-state index in [2.05, 4.69) is 168 Å². The fourth-order valence-corrected chi connectivity index (χ4v) is 9.78. The van der Waals surface area contributed by atoms with Crippen LogP contribution in [0.3, 0.4) is 0 Å². The highest BCUT2D eigenvalue weighted by molar-refractivity contribution is 6.30. The molecule has 0 saturated carbocycles. The van der Waals surface area contributed by atoms with Crippen molar-refractivity contribution in [2.75, 3.05) is 0 Å². The molecule has 13 rings (SSSR count). The number of hydrogen-bond acceptors (Lipinski definition) is 1. The van der Waals surface area contributed by atoms with E-state index in [1.54, 1.807) is 0 Å². The molecular formula is C52H29NO. The Morgan fingerprint density at radius 1 is 0.296 bits per heavy atom. The van der Waals surface area contributed by atoms with E-state index in [1.807, 2.05) is 12.1 Å². The van der Waals surface area contributed by atoms with Gasteiger partial charge in [-0.25, -0.2) is 0 Å². The third kappa shape index (κ3) is 3.64. The highest BCUT2D eigenvalue weighted by Crippen LogP contribution is 2.51. The van der Waals surface area contributed by atoms with E-state index in [-0.39, 0.29) is 0 Å². The minimum Gasteiger partial charge on any atom is -0.456 e. The molecule has 0 N–H and O–H groups in total. The maximum absolute atomic E-state index is 6.20. The number of furan rings is 1. The van der Waals surface area contributed by atoms with Gasteiger partial charge in [-0.05, 0) is 125 Å². The van der Waals surface area contributed by atoms with Crippen LogP contribution < -0.4 is 0 Å². The lowest BCUT2D eigenvalue weighted by molar-refractivity contribution is 0.669. The molecule has 12 aromatic rings. The van der Waals surface area contributed by atoms with E-state index in [0.717, 1.165) is 27.6 Å². The highest BCUT2D eigenvalue weighted by Gasteiger charge is 2.26. The first-order chi connectivity index (χ1) is 26.8. The van der Waals surface area contributed by atoms with Gasteiger partial charge < -0.3 is 8.98 Å². The number of rotatable bonds is 2. The molecule has 2 nitrogen and oxygen atoms in total. The zero-order chi connectivity index (χ0) is 35.1. The normalized spacial score (nSPS) is 12.4. The van der Waals surface area contributed by atoms with E-state index in [0.29, 0.717) is 0 Å². The minimum absolute atomic E-state index is 0.915. The fraction of sp³-hybridized carbons (Fsp3) is 0. The number of hydrogen-bond donors (Lipinski definition) is 0. The van der Waals surface area contributed by atoms with E-state index in [4.69, 9.17) is 4.42 Å². The van der Waals surface area contributed by atoms with Crippen LogP contribution in [0.2, 0.25) is 0 Å². The predicted octanol–water partition coefficient (Wildman–Crippen LogP) is 14.6. The maximum atomic E-state index is 6.20.